The maximum absolute atomic E-state index is 13.6. The Hall–Kier alpha value is -3.85. The van der Waals surface area contributed by atoms with Gasteiger partial charge in [0.25, 0.3) is 0 Å². The lowest BCUT2D eigenvalue weighted by Crippen LogP contribution is -2.50. The molecular weight excluding hydrogens is 512 g/mol. The van der Waals surface area contributed by atoms with Crippen molar-refractivity contribution in [1.29, 1.82) is 0 Å². The molecule has 3 aliphatic rings. The van der Waals surface area contributed by atoms with Crippen LogP contribution in [0.3, 0.4) is 0 Å². The summed E-state index contributed by atoms with van der Waals surface area (Å²) in [6.45, 7) is 7.70. The summed E-state index contributed by atoms with van der Waals surface area (Å²) in [4.78, 5) is 49.2. The number of ether oxygens (including phenoxy) is 1. The summed E-state index contributed by atoms with van der Waals surface area (Å²) in [6.07, 6.45) is 0.172. The second kappa shape index (κ2) is 11.5. The Morgan fingerprint density at radius 2 is 1.64 bits per heavy atom. The molecule has 0 radical (unpaired) electrons. The summed E-state index contributed by atoms with van der Waals surface area (Å²) in [7, 11) is 0. The number of esters is 1. The van der Waals surface area contributed by atoms with Gasteiger partial charge in [0.15, 0.2) is 5.17 Å². The number of nitrogens with zero attached hydrogens (tertiary/aromatic N) is 4. The number of fused-ring (bicyclic) bond motifs is 1. The van der Waals surface area contributed by atoms with Crippen LogP contribution < -0.4 is 0 Å². The van der Waals surface area contributed by atoms with Crippen LogP contribution in [0.4, 0.5) is 0 Å². The largest absolute Gasteiger partial charge is 0.463 e. The number of rotatable bonds is 6. The highest BCUT2D eigenvalue weighted by Crippen LogP contribution is 2.47. The first-order valence-corrected chi connectivity index (χ1v) is 14.1. The maximum Gasteiger partial charge on any atom is 0.338 e. The van der Waals surface area contributed by atoms with Crippen LogP contribution in [-0.2, 0) is 19.1 Å². The molecule has 9 heteroatoms. The van der Waals surface area contributed by atoms with E-state index in [0.29, 0.717) is 37.4 Å². The van der Waals surface area contributed by atoms with E-state index in [9.17, 15) is 14.4 Å². The molecule has 0 aliphatic carbocycles. The standard InChI is InChI=1S/C30H32N4O4S/c1-4-38-29(37)26-27(22-8-6-5-7-9-22)31-30-34(28(26)23-12-10-20(2)11-13-23)24(19-39-30)18-25(36)33-16-14-32(15-17-33)21(3)35/h5-13,19,28H,4,14-18H2,1-3H3. The van der Waals surface area contributed by atoms with Gasteiger partial charge in [-0.2, -0.15) is 0 Å². The van der Waals surface area contributed by atoms with E-state index in [-0.39, 0.29) is 24.8 Å². The zero-order chi connectivity index (χ0) is 27.5. The van der Waals surface area contributed by atoms with Crippen molar-refractivity contribution >= 4 is 40.4 Å². The molecular formula is C30H32N4O4S. The minimum Gasteiger partial charge on any atom is -0.463 e. The number of piperazine rings is 1. The van der Waals surface area contributed by atoms with Crippen LogP contribution in [0.2, 0.25) is 0 Å². The molecule has 1 fully saturated rings. The molecule has 0 saturated carbocycles. The summed E-state index contributed by atoms with van der Waals surface area (Å²) in [5.41, 5.74) is 4.68. The average molecular weight is 545 g/mol. The van der Waals surface area contributed by atoms with Gasteiger partial charge in [0.2, 0.25) is 11.8 Å². The van der Waals surface area contributed by atoms with E-state index >= 15 is 0 Å². The number of hydrogen-bond donors (Lipinski definition) is 0. The highest BCUT2D eigenvalue weighted by Gasteiger charge is 2.42. The fourth-order valence-electron chi connectivity index (χ4n) is 5.09. The van der Waals surface area contributed by atoms with E-state index in [1.807, 2.05) is 76.7 Å². The van der Waals surface area contributed by atoms with Crippen LogP contribution in [0.5, 0.6) is 0 Å². The molecule has 0 bridgehead atoms. The molecule has 3 heterocycles. The molecule has 39 heavy (non-hydrogen) atoms. The van der Waals surface area contributed by atoms with E-state index in [1.54, 1.807) is 18.7 Å². The van der Waals surface area contributed by atoms with Crippen molar-refractivity contribution in [3.8, 4) is 0 Å². The van der Waals surface area contributed by atoms with Gasteiger partial charge in [0.05, 0.1) is 30.3 Å². The minimum atomic E-state index is -0.504. The van der Waals surface area contributed by atoms with E-state index in [0.717, 1.165) is 27.6 Å². The molecule has 5 rings (SSSR count). The molecule has 1 unspecified atom stereocenters. The number of amides is 2. The van der Waals surface area contributed by atoms with Gasteiger partial charge in [-0.15, -0.1) is 0 Å². The quantitative estimate of drug-likeness (QED) is 0.503. The smallest absolute Gasteiger partial charge is 0.338 e. The molecule has 0 aromatic heterocycles. The first-order chi connectivity index (χ1) is 18.9. The van der Waals surface area contributed by atoms with Gasteiger partial charge < -0.3 is 19.4 Å². The fraction of sp³-hybridized carbons (Fsp3) is 0.333. The third kappa shape index (κ3) is 5.49. The van der Waals surface area contributed by atoms with Crippen LogP contribution in [0.15, 0.2) is 76.3 Å². The molecule has 0 N–H and O–H groups in total. The summed E-state index contributed by atoms with van der Waals surface area (Å²) in [5, 5.41) is 2.68. The van der Waals surface area contributed by atoms with E-state index in [1.165, 1.54) is 11.8 Å². The van der Waals surface area contributed by atoms with Gasteiger partial charge in [-0.3, -0.25) is 9.59 Å². The number of carbonyl (C=O) groups excluding carboxylic acids is 3. The average Bonchev–Trinajstić information content (AvgIpc) is 3.35. The van der Waals surface area contributed by atoms with Gasteiger partial charge in [-0.25, -0.2) is 9.79 Å². The van der Waals surface area contributed by atoms with Crippen molar-refractivity contribution < 1.29 is 19.1 Å². The van der Waals surface area contributed by atoms with Crippen molar-refractivity contribution in [3.63, 3.8) is 0 Å². The fourth-order valence-corrected chi connectivity index (χ4v) is 6.01. The van der Waals surface area contributed by atoms with Crippen molar-refractivity contribution in [2.45, 2.75) is 33.2 Å². The Balaban J connectivity index is 1.52. The molecule has 0 spiro atoms. The molecule has 8 nitrogen and oxygen atoms in total. The zero-order valence-electron chi connectivity index (χ0n) is 22.4. The Bertz CT molecular complexity index is 1360. The van der Waals surface area contributed by atoms with E-state index in [4.69, 9.17) is 9.73 Å². The Labute approximate surface area is 233 Å². The first-order valence-electron chi connectivity index (χ1n) is 13.2. The van der Waals surface area contributed by atoms with Gasteiger partial charge in [-0.1, -0.05) is 71.9 Å². The third-order valence-corrected chi connectivity index (χ3v) is 8.04. The molecule has 2 aromatic rings. The summed E-state index contributed by atoms with van der Waals surface area (Å²) >= 11 is 1.46. The predicted octanol–water partition coefficient (Wildman–Crippen LogP) is 4.35. The number of carbonyl (C=O) groups is 3. The van der Waals surface area contributed by atoms with Crippen molar-refractivity contribution in [2.75, 3.05) is 32.8 Å². The lowest BCUT2D eigenvalue weighted by molar-refractivity contribution is -0.139. The summed E-state index contributed by atoms with van der Waals surface area (Å²) in [6, 6.07) is 17.3. The van der Waals surface area contributed by atoms with Crippen LogP contribution in [0, 0.1) is 6.92 Å². The lowest BCUT2D eigenvalue weighted by Gasteiger charge is -2.38. The SMILES string of the molecule is CCOC(=O)C1=C(c2ccccc2)N=C2SC=C(CC(=O)N3CCN(C(C)=O)CC3)N2C1c1ccc(C)cc1. The third-order valence-electron chi connectivity index (χ3n) is 7.16. The number of hydrogen-bond acceptors (Lipinski definition) is 7. The van der Waals surface area contributed by atoms with Gasteiger partial charge in [-0.05, 0) is 24.8 Å². The van der Waals surface area contributed by atoms with Crippen LogP contribution in [0.25, 0.3) is 5.70 Å². The topological polar surface area (TPSA) is 82.5 Å². The molecule has 202 valence electrons. The molecule has 1 saturated heterocycles. The summed E-state index contributed by atoms with van der Waals surface area (Å²) in [5.74, 6) is -0.406. The molecule has 2 amide bonds. The van der Waals surface area contributed by atoms with Crippen molar-refractivity contribution in [2.24, 2.45) is 4.99 Å². The maximum atomic E-state index is 13.6. The van der Waals surface area contributed by atoms with Crippen LogP contribution in [0.1, 0.15) is 43.0 Å². The zero-order valence-corrected chi connectivity index (χ0v) is 23.2. The number of aliphatic imine (C=N–C) groups is 1. The van der Waals surface area contributed by atoms with Gasteiger partial charge in [0, 0.05) is 44.4 Å². The Morgan fingerprint density at radius 3 is 2.28 bits per heavy atom. The number of thioether (sulfide) groups is 1. The minimum absolute atomic E-state index is 0.00974. The normalized spacial score (nSPS) is 18.9. The Kier molecular flexibility index (Phi) is 7.88. The molecule has 1 atom stereocenters. The van der Waals surface area contributed by atoms with Gasteiger partial charge >= 0.3 is 5.97 Å². The second-order valence-electron chi connectivity index (χ2n) is 9.72. The molecule has 3 aliphatic heterocycles. The van der Waals surface area contributed by atoms with Crippen molar-refractivity contribution in [3.05, 3.63) is 88.0 Å². The lowest BCUT2D eigenvalue weighted by atomic mass is 9.91. The highest BCUT2D eigenvalue weighted by atomic mass is 32.2. The number of benzene rings is 2. The number of aryl methyl sites for hydroxylation is 1. The predicted molar refractivity (Wildman–Crippen MR) is 152 cm³/mol. The molecule has 2 aromatic carbocycles. The monoisotopic (exact) mass is 544 g/mol. The van der Waals surface area contributed by atoms with Gasteiger partial charge in [0.1, 0.15) is 0 Å². The van der Waals surface area contributed by atoms with Crippen molar-refractivity contribution in [1.82, 2.24) is 14.7 Å². The number of amidine groups is 1. The highest BCUT2D eigenvalue weighted by molar-refractivity contribution is 8.16. The Morgan fingerprint density at radius 1 is 0.974 bits per heavy atom. The van der Waals surface area contributed by atoms with E-state index in [2.05, 4.69) is 0 Å². The summed E-state index contributed by atoms with van der Waals surface area (Å²) < 4.78 is 5.57. The van der Waals surface area contributed by atoms with Crippen LogP contribution >= 0.6 is 11.8 Å². The van der Waals surface area contributed by atoms with E-state index < -0.39 is 12.0 Å². The van der Waals surface area contributed by atoms with Crippen LogP contribution in [-0.4, -0.2) is 70.4 Å². The first kappa shape index (κ1) is 26.7. The second-order valence-corrected chi connectivity index (χ2v) is 10.6.